The van der Waals surface area contributed by atoms with Gasteiger partial charge in [0, 0.05) is 25.7 Å². The lowest BCUT2D eigenvalue weighted by Gasteiger charge is -2.31. The van der Waals surface area contributed by atoms with Crippen molar-refractivity contribution in [2.24, 2.45) is 5.92 Å². The summed E-state index contributed by atoms with van der Waals surface area (Å²) in [6, 6.07) is -0.133. The summed E-state index contributed by atoms with van der Waals surface area (Å²) in [5.74, 6) is -0.592. The first kappa shape index (κ1) is 15.2. The molecule has 21 heavy (non-hydrogen) atoms. The van der Waals surface area contributed by atoms with Gasteiger partial charge in [-0.1, -0.05) is 0 Å². The second-order valence-corrected chi connectivity index (χ2v) is 5.34. The minimum absolute atomic E-state index is 0.133. The maximum atomic E-state index is 12.0. The van der Waals surface area contributed by atoms with E-state index in [0.29, 0.717) is 19.6 Å². The third kappa shape index (κ3) is 4.70. The van der Waals surface area contributed by atoms with Gasteiger partial charge in [-0.15, -0.1) is 0 Å². The standard InChI is InChI=1S/C14H20N4O3/c1-10-7-16-12(8-15-10)9-17-14(21)18-4-2-11(3-5-18)6-13(19)20/h7-8,11H,2-6,9H2,1H3,(H,17,21)(H,19,20). The van der Waals surface area contributed by atoms with Gasteiger partial charge in [-0.25, -0.2) is 4.79 Å². The van der Waals surface area contributed by atoms with E-state index < -0.39 is 5.97 Å². The predicted octanol–water partition coefficient (Wildman–Crippen LogP) is 1.18. The maximum Gasteiger partial charge on any atom is 0.317 e. The first-order chi connectivity index (χ1) is 10.0. The van der Waals surface area contributed by atoms with Crippen molar-refractivity contribution in [2.75, 3.05) is 13.1 Å². The number of rotatable bonds is 4. The summed E-state index contributed by atoms with van der Waals surface area (Å²) in [6.07, 6.45) is 4.98. The number of aromatic nitrogens is 2. The molecule has 2 amide bonds. The molecule has 0 radical (unpaired) electrons. The summed E-state index contributed by atoms with van der Waals surface area (Å²) in [4.78, 5) is 32.7. The highest BCUT2D eigenvalue weighted by Crippen LogP contribution is 2.20. The number of aliphatic carboxylic acids is 1. The van der Waals surface area contributed by atoms with Crippen LogP contribution in [0.2, 0.25) is 0 Å². The Labute approximate surface area is 123 Å². The summed E-state index contributed by atoms with van der Waals surface area (Å²) in [5, 5.41) is 11.6. The second-order valence-electron chi connectivity index (χ2n) is 5.34. The molecule has 0 atom stereocenters. The van der Waals surface area contributed by atoms with E-state index in [9.17, 15) is 9.59 Å². The van der Waals surface area contributed by atoms with Crippen molar-refractivity contribution in [1.82, 2.24) is 20.2 Å². The molecule has 0 bridgehead atoms. The van der Waals surface area contributed by atoms with Crippen LogP contribution in [0.15, 0.2) is 12.4 Å². The van der Waals surface area contributed by atoms with Crippen molar-refractivity contribution >= 4 is 12.0 Å². The molecule has 114 valence electrons. The van der Waals surface area contributed by atoms with Crippen LogP contribution in [0.4, 0.5) is 4.79 Å². The Morgan fingerprint density at radius 3 is 2.62 bits per heavy atom. The molecule has 1 aliphatic heterocycles. The average molecular weight is 292 g/mol. The Kier molecular flexibility index (Phi) is 5.08. The van der Waals surface area contributed by atoms with Crippen LogP contribution in [0.3, 0.4) is 0 Å². The van der Waals surface area contributed by atoms with Gasteiger partial charge in [-0.05, 0) is 25.7 Å². The first-order valence-corrected chi connectivity index (χ1v) is 7.06. The van der Waals surface area contributed by atoms with Gasteiger partial charge >= 0.3 is 12.0 Å². The fraction of sp³-hybridized carbons (Fsp3) is 0.571. The number of carbonyl (C=O) groups is 2. The fourth-order valence-corrected chi connectivity index (χ4v) is 2.38. The van der Waals surface area contributed by atoms with Crippen LogP contribution in [-0.4, -0.2) is 45.1 Å². The molecule has 0 aromatic carbocycles. The number of aryl methyl sites for hydroxylation is 1. The van der Waals surface area contributed by atoms with Gasteiger partial charge in [0.2, 0.25) is 0 Å². The molecule has 2 N–H and O–H groups in total. The number of nitrogens with zero attached hydrogens (tertiary/aromatic N) is 3. The van der Waals surface area contributed by atoms with E-state index in [0.717, 1.165) is 24.2 Å². The highest BCUT2D eigenvalue weighted by Gasteiger charge is 2.24. The van der Waals surface area contributed by atoms with Gasteiger partial charge < -0.3 is 15.3 Å². The molecule has 1 fully saturated rings. The Bertz CT molecular complexity index is 495. The highest BCUT2D eigenvalue weighted by atomic mass is 16.4. The second kappa shape index (κ2) is 7.01. The number of carboxylic acids is 1. The molecular formula is C14H20N4O3. The normalized spacial score (nSPS) is 15.8. The lowest BCUT2D eigenvalue weighted by Crippen LogP contribution is -2.44. The molecule has 0 spiro atoms. The van der Waals surface area contributed by atoms with Crippen LogP contribution in [0.5, 0.6) is 0 Å². The highest BCUT2D eigenvalue weighted by molar-refractivity contribution is 5.74. The van der Waals surface area contributed by atoms with Crippen LogP contribution in [-0.2, 0) is 11.3 Å². The third-order valence-corrected chi connectivity index (χ3v) is 3.62. The van der Waals surface area contributed by atoms with Gasteiger partial charge in [0.15, 0.2) is 0 Å². The lowest BCUT2D eigenvalue weighted by atomic mass is 9.94. The van der Waals surface area contributed by atoms with Gasteiger partial charge in [-0.3, -0.25) is 14.8 Å². The zero-order valence-corrected chi connectivity index (χ0v) is 12.1. The zero-order chi connectivity index (χ0) is 15.2. The maximum absolute atomic E-state index is 12.0. The largest absolute Gasteiger partial charge is 0.481 e. The lowest BCUT2D eigenvalue weighted by molar-refractivity contribution is -0.138. The number of urea groups is 1. The minimum Gasteiger partial charge on any atom is -0.481 e. The summed E-state index contributed by atoms with van der Waals surface area (Å²) in [7, 11) is 0. The molecule has 0 unspecified atom stereocenters. The van der Waals surface area contributed by atoms with Crippen molar-refractivity contribution in [1.29, 1.82) is 0 Å². The van der Waals surface area contributed by atoms with E-state index in [1.807, 2.05) is 6.92 Å². The van der Waals surface area contributed by atoms with E-state index in [2.05, 4.69) is 15.3 Å². The van der Waals surface area contributed by atoms with Crippen LogP contribution in [0.1, 0.15) is 30.7 Å². The Hall–Kier alpha value is -2.18. The molecule has 1 aromatic rings. The van der Waals surface area contributed by atoms with E-state index >= 15 is 0 Å². The first-order valence-electron chi connectivity index (χ1n) is 7.06. The number of carboxylic acid groups (broad SMARTS) is 1. The van der Waals surface area contributed by atoms with Crippen molar-refractivity contribution in [2.45, 2.75) is 32.7 Å². The van der Waals surface area contributed by atoms with Crippen LogP contribution < -0.4 is 5.32 Å². The van der Waals surface area contributed by atoms with E-state index in [1.165, 1.54) is 0 Å². The van der Waals surface area contributed by atoms with Crippen molar-refractivity contribution < 1.29 is 14.7 Å². The molecule has 0 saturated carbocycles. The molecule has 2 rings (SSSR count). The van der Waals surface area contributed by atoms with Crippen molar-refractivity contribution in [3.05, 3.63) is 23.8 Å². The Morgan fingerprint density at radius 1 is 1.33 bits per heavy atom. The molecule has 2 heterocycles. The summed E-state index contributed by atoms with van der Waals surface area (Å²) in [5.41, 5.74) is 1.56. The average Bonchev–Trinajstić information content (AvgIpc) is 2.46. The quantitative estimate of drug-likeness (QED) is 0.869. The van der Waals surface area contributed by atoms with Crippen molar-refractivity contribution in [3.8, 4) is 0 Å². The molecule has 1 aliphatic rings. The predicted molar refractivity (Wildman–Crippen MR) is 75.6 cm³/mol. The SMILES string of the molecule is Cc1cnc(CNC(=O)N2CCC(CC(=O)O)CC2)cn1. The summed E-state index contributed by atoms with van der Waals surface area (Å²) in [6.45, 7) is 3.41. The molecule has 1 aromatic heterocycles. The molecule has 7 nitrogen and oxygen atoms in total. The molecule has 0 aliphatic carbocycles. The van der Waals surface area contributed by atoms with E-state index in [-0.39, 0.29) is 18.4 Å². The number of amides is 2. The number of piperidine rings is 1. The molecule has 7 heteroatoms. The summed E-state index contributed by atoms with van der Waals surface area (Å²) < 4.78 is 0. The monoisotopic (exact) mass is 292 g/mol. The number of likely N-dealkylation sites (tertiary alicyclic amines) is 1. The van der Waals surface area contributed by atoms with E-state index in [4.69, 9.17) is 5.11 Å². The number of nitrogens with one attached hydrogen (secondary N) is 1. The molecular weight excluding hydrogens is 272 g/mol. The number of hydrogen-bond donors (Lipinski definition) is 2. The zero-order valence-electron chi connectivity index (χ0n) is 12.1. The number of hydrogen-bond acceptors (Lipinski definition) is 4. The van der Waals surface area contributed by atoms with Crippen LogP contribution >= 0.6 is 0 Å². The van der Waals surface area contributed by atoms with Gasteiger partial charge in [-0.2, -0.15) is 0 Å². The van der Waals surface area contributed by atoms with Crippen LogP contribution in [0, 0.1) is 12.8 Å². The minimum atomic E-state index is -0.768. The van der Waals surface area contributed by atoms with Crippen molar-refractivity contribution in [3.63, 3.8) is 0 Å². The Morgan fingerprint density at radius 2 is 2.05 bits per heavy atom. The van der Waals surface area contributed by atoms with Crippen LogP contribution in [0.25, 0.3) is 0 Å². The summed E-state index contributed by atoms with van der Waals surface area (Å²) >= 11 is 0. The smallest absolute Gasteiger partial charge is 0.317 e. The van der Waals surface area contributed by atoms with Gasteiger partial charge in [0.1, 0.15) is 0 Å². The topological polar surface area (TPSA) is 95.4 Å². The number of carbonyl (C=O) groups excluding carboxylic acids is 1. The van der Waals surface area contributed by atoms with Gasteiger partial charge in [0.25, 0.3) is 0 Å². The van der Waals surface area contributed by atoms with Gasteiger partial charge in [0.05, 0.1) is 24.1 Å². The van der Waals surface area contributed by atoms with E-state index in [1.54, 1.807) is 17.3 Å². The molecule has 1 saturated heterocycles. The third-order valence-electron chi connectivity index (χ3n) is 3.62. The fourth-order valence-electron chi connectivity index (χ4n) is 2.38. The Balaban J connectivity index is 1.74.